The zero-order valence-electron chi connectivity index (χ0n) is 14.1. The van der Waals surface area contributed by atoms with Gasteiger partial charge in [0.1, 0.15) is 5.76 Å². The number of hydrogen-bond acceptors (Lipinski definition) is 5. The van der Waals surface area contributed by atoms with Crippen LogP contribution >= 0.6 is 0 Å². The summed E-state index contributed by atoms with van der Waals surface area (Å²) in [7, 11) is 0. The second-order valence-corrected chi connectivity index (χ2v) is 6.28. The van der Waals surface area contributed by atoms with E-state index in [1.54, 1.807) is 25.1 Å². The molecule has 2 N–H and O–H groups in total. The zero-order chi connectivity index (χ0) is 18.1. The first-order valence-electron chi connectivity index (χ1n) is 7.86. The van der Waals surface area contributed by atoms with Crippen LogP contribution in [0.25, 0.3) is 0 Å². The highest BCUT2D eigenvalue weighted by Gasteiger charge is 2.35. The van der Waals surface area contributed by atoms with Crippen LogP contribution in [0.4, 0.5) is 16.3 Å². The van der Waals surface area contributed by atoms with Crippen molar-refractivity contribution in [3.05, 3.63) is 41.2 Å². The molecule has 0 aliphatic carbocycles. The maximum atomic E-state index is 12.4. The molecule has 0 saturated carbocycles. The third kappa shape index (κ3) is 3.37. The average molecular weight is 342 g/mol. The quantitative estimate of drug-likeness (QED) is 0.831. The summed E-state index contributed by atoms with van der Waals surface area (Å²) < 4.78 is 4.87. The van der Waals surface area contributed by atoms with E-state index in [-0.39, 0.29) is 23.6 Å². The summed E-state index contributed by atoms with van der Waals surface area (Å²) >= 11 is 0. The van der Waals surface area contributed by atoms with E-state index in [9.17, 15) is 14.4 Å². The molecule has 0 saturated heterocycles. The predicted molar refractivity (Wildman–Crippen MR) is 90.5 cm³/mol. The lowest BCUT2D eigenvalue weighted by Crippen LogP contribution is -2.33. The van der Waals surface area contributed by atoms with Crippen LogP contribution in [0.5, 0.6) is 0 Å². The Morgan fingerprint density at radius 3 is 2.52 bits per heavy atom. The van der Waals surface area contributed by atoms with Gasteiger partial charge in [-0.2, -0.15) is 0 Å². The Balaban J connectivity index is 1.74. The molecular weight excluding hydrogens is 324 g/mol. The van der Waals surface area contributed by atoms with Gasteiger partial charge in [-0.15, -0.1) is 0 Å². The molecule has 0 radical (unpaired) electrons. The van der Waals surface area contributed by atoms with E-state index in [0.29, 0.717) is 29.1 Å². The minimum absolute atomic E-state index is 0.177. The van der Waals surface area contributed by atoms with E-state index in [2.05, 4.69) is 15.8 Å². The summed E-state index contributed by atoms with van der Waals surface area (Å²) in [4.78, 5) is 37.9. The molecule has 8 heteroatoms. The number of benzene rings is 1. The zero-order valence-corrected chi connectivity index (χ0v) is 14.1. The van der Waals surface area contributed by atoms with Crippen LogP contribution in [0.3, 0.4) is 0 Å². The molecule has 4 amide bonds. The molecule has 25 heavy (non-hydrogen) atoms. The molecule has 0 unspecified atom stereocenters. The van der Waals surface area contributed by atoms with Gasteiger partial charge in [0.25, 0.3) is 11.8 Å². The first-order valence-corrected chi connectivity index (χ1v) is 7.86. The fourth-order valence-electron chi connectivity index (χ4n) is 2.60. The number of carbonyl (C=O) groups excluding carboxylic acids is 3. The van der Waals surface area contributed by atoms with Crippen LogP contribution in [0.1, 0.15) is 40.3 Å². The largest absolute Gasteiger partial charge is 0.360 e. The number of fused-ring (bicyclic) bond motifs is 1. The second kappa shape index (κ2) is 6.39. The summed E-state index contributed by atoms with van der Waals surface area (Å²) in [6, 6.07) is 5.68. The average Bonchev–Trinajstić information content (AvgIpc) is 3.04. The fourth-order valence-corrected chi connectivity index (χ4v) is 2.60. The summed E-state index contributed by atoms with van der Waals surface area (Å²) in [5.41, 5.74) is 1.05. The number of aryl methyl sites for hydroxylation is 1. The smallest absolute Gasteiger partial charge is 0.324 e. The Morgan fingerprint density at radius 1 is 1.16 bits per heavy atom. The molecular formula is C17H18N4O4. The number of amides is 4. The van der Waals surface area contributed by atoms with Crippen LogP contribution in [-0.4, -0.2) is 34.4 Å². The number of carbonyl (C=O) groups is 3. The van der Waals surface area contributed by atoms with Crippen molar-refractivity contribution >= 4 is 29.4 Å². The summed E-state index contributed by atoms with van der Waals surface area (Å²) in [5.74, 6) is 0.386. The molecule has 0 spiro atoms. The van der Waals surface area contributed by atoms with Crippen LogP contribution < -0.4 is 10.6 Å². The van der Waals surface area contributed by atoms with Gasteiger partial charge in [-0.05, 0) is 31.0 Å². The molecule has 0 bridgehead atoms. The van der Waals surface area contributed by atoms with Crippen LogP contribution in [-0.2, 0) is 0 Å². The van der Waals surface area contributed by atoms with Gasteiger partial charge in [-0.25, -0.2) is 4.79 Å². The molecule has 1 aliphatic heterocycles. The third-order valence-corrected chi connectivity index (χ3v) is 3.65. The van der Waals surface area contributed by atoms with Crippen molar-refractivity contribution in [1.29, 1.82) is 0 Å². The van der Waals surface area contributed by atoms with Crippen LogP contribution in [0.2, 0.25) is 0 Å². The highest BCUT2D eigenvalue weighted by Crippen LogP contribution is 2.26. The lowest BCUT2D eigenvalue weighted by molar-refractivity contribution is 0.0636. The van der Waals surface area contributed by atoms with E-state index in [0.717, 1.165) is 0 Å². The van der Waals surface area contributed by atoms with Gasteiger partial charge in [-0.3, -0.25) is 19.8 Å². The van der Waals surface area contributed by atoms with Gasteiger partial charge in [0, 0.05) is 18.3 Å². The Bertz CT molecular complexity index is 856. The molecule has 130 valence electrons. The van der Waals surface area contributed by atoms with Crippen molar-refractivity contribution in [2.24, 2.45) is 5.92 Å². The Labute approximate surface area is 144 Å². The Morgan fingerprint density at radius 2 is 1.88 bits per heavy atom. The lowest BCUT2D eigenvalue weighted by Gasteiger charge is -2.15. The fraction of sp³-hybridized carbons (Fsp3) is 0.294. The molecule has 2 aromatic rings. The monoisotopic (exact) mass is 342 g/mol. The first kappa shape index (κ1) is 16.7. The number of aromatic nitrogens is 1. The highest BCUT2D eigenvalue weighted by atomic mass is 16.5. The summed E-state index contributed by atoms with van der Waals surface area (Å²) in [5, 5.41) is 8.79. The van der Waals surface area contributed by atoms with Crippen molar-refractivity contribution in [1.82, 2.24) is 10.1 Å². The van der Waals surface area contributed by atoms with Crippen molar-refractivity contribution < 1.29 is 18.9 Å². The van der Waals surface area contributed by atoms with Crippen LogP contribution in [0, 0.1) is 12.8 Å². The third-order valence-electron chi connectivity index (χ3n) is 3.65. The standard InChI is InChI=1S/C17H18N4O4/c1-9(2)8-21-15(22)12-5-4-11(7-13(12)16(21)23)18-17(24)19-14-6-10(3)25-20-14/h4-7,9H,8H2,1-3H3,(H2,18,19,20,24). The second-order valence-electron chi connectivity index (χ2n) is 6.28. The predicted octanol–water partition coefficient (Wildman–Crippen LogP) is 2.88. The summed E-state index contributed by atoms with van der Waals surface area (Å²) in [6.45, 7) is 5.95. The van der Waals surface area contributed by atoms with E-state index in [1.165, 1.54) is 11.0 Å². The number of nitrogens with one attached hydrogen (secondary N) is 2. The van der Waals surface area contributed by atoms with Gasteiger partial charge >= 0.3 is 6.03 Å². The van der Waals surface area contributed by atoms with Crippen molar-refractivity contribution in [2.45, 2.75) is 20.8 Å². The lowest BCUT2D eigenvalue weighted by atomic mass is 10.1. The number of imide groups is 1. The molecule has 2 heterocycles. The number of nitrogens with zero attached hydrogens (tertiary/aromatic N) is 2. The number of rotatable bonds is 4. The Kier molecular flexibility index (Phi) is 4.26. The van der Waals surface area contributed by atoms with Crippen LogP contribution in [0.15, 0.2) is 28.8 Å². The maximum absolute atomic E-state index is 12.4. The molecule has 0 atom stereocenters. The molecule has 3 rings (SSSR count). The van der Waals surface area contributed by atoms with E-state index in [1.807, 2.05) is 13.8 Å². The number of anilines is 2. The summed E-state index contributed by atoms with van der Waals surface area (Å²) in [6.07, 6.45) is 0. The minimum Gasteiger partial charge on any atom is -0.360 e. The number of hydrogen-bond donors (Lipinski definition) is 2. The van der Waals surface area contributed by atoms with Crippen molar-refractivity contribution in [3.63, 3.8) is 0 Å². The molecule has 8 nitrogen and oxygen atoms in total. The van der Waals surface area contributed by atoms with Gasteiger partial charge in [0.15, 0.2) is 5.82 Å². The highest BCUT2D eigenvalue weighted by molar-refractivity contribution is 6.22. The maximum Gasteiger partial charge on any atom is 0.324 e. The topological polar surface area (TPSA) is 105 Å². The van der Waals surface area contributed by atoms with E-state index < -0.39 is 6.03 Å². The van der Waals surface area contributed by atoms with Crippen molar-refractivity contribution in [2.75, 3.05) is 17.2 Å². The van der Waals surface area contributed by atoms with Crippen molar-refractivity contribution in [3.8, 4) is 0 Å². The SMILES string of the molecule is Cc1cc(NC(=O)Nc2ccc3c(c2)C(=O)N(CC(C)C)C3=O)no1. The Hall–Kier alpha value is -3.16. The number of urea groups is 1. The first-order chi connectivity index (χ1) is 11.8. The van der Waals surface area contributed by atoms with Gasteiger partial charge in [-0.1, -0.05) is 19.0 Å². The normalized spacial score (nSPS) is 13.4. The molecule has 1 aromatic heterocycles. The molecule has 1 aliphatic rings. The van der Waals surface area contributed by atoms with Gasteiger partial charge < -0.3 is 9.84 Å². The minimum atomic E-state index is -0.524. The van der Waals surface area contributed by atoms with Gasteiger partial charge in [0.05, 0.1) is 11.1 Å². The molecule has 1 aromatic carbocycles. The van der Waals surface area contributed by atoms with E-state index >= 15 is 0 Å². The molecule has 0 fully saturated rings. The van der Waals surface area contributed by atoms with Gasteiger partial charge in [0.2, 0.25) is 0 Å². The van der Waals surface area contributed by atoms with E-state index in [4.69, 9.17) is 4.52 Å².